The molecule has 0 bridgehead atoms. The summed E-state index contributed by atoms with van der Waals surface area (Å²) in [6, 6.07) is 8.57. The third-order valence-electron chi connectivity index (χ3n) is 2.95. The average Bonchev–Trinajstić information content (AvgIpc) is 2.41. The van der Waals surface area contributed by atoms with E-state index in [-0.39, 0.29) is 0 Å². The topological polar surface area (TPSA) is 32.5 Å². The van der Waals surface area contributed by atoms with Gasteiger partial charge in [-0.2, -0.15) is 0 Å². The molecule has 0 amide bonds. The Bertz CT molecular complexity index is 324. The zero-order valence-electron chi connectivity index (χ0n) is 9.32. The molecular formula is C12H19N3. The van der Waals surface area contributed by atoms with E-state index in [1.807, 2.05) is 0 Å². The Morgan fingerprint density at radius 2 is 1.93 bits per heavy atom. The second-order valence-electron chi connectivity index (χ2n) is 4.04. The fraction of sp³-hybridized carbons (Fsp3) is 0.500. The van der Waals surface area contributed by atoms with Gasteiger partial charge in [-0.3, -0.25) is 0 Å². The van der Waals surface area contributed by atoms with E-state index in [1.165, 1.54) is 17.8 Å². The Kier molecular flexibility index (Phi) is 3.11. The molecule has 0 fully saturated rings. The lowest BCUT2D eigenvalue weighted by atomic mass is 10.2. The van der Waals surface area contributed by atoms with E-state index in [0.29, 0.717) is 0 Å². The molecule has 1 aliphatic rings. The van der Waals surface area contributed by atoms with Crippen molar-refractivity contribution in [3.8, 4) is 0 Å². The van der Waals surface area contributed by atoms with Crippen LogP contribution in [0.3, 0.4) is 0 Å². The van der Waals surface area contributed by atoms with E-state index in [2.05, 4.69) is 41.1 Å². The monoisotopic (exact) mass is 205 g/mol. The lowest BCUT2D eigenvalue weighted by Gasteiger charge is -2.25. The number of hydrogen-bond acceptors (Lipinski definition) is 3. The van der Waals surface area contributed by atoms with Crippen molar-refractivity contribution < 1.29 is 0 Å². The van der Waals surface area contributed by atoms with Crippen LogP contribution >= 0.6 is 0 Å². The number of hydrogen-bond donors (Lipinski definition) is 1. The number of benzene rings is 1. The molecule has 82 valence electrons. The lowest BCUT2D eigenvalue weighted by Crippen LogP contribution is -2.29. The van der Waals surface area contributed by atoms with Crippen molar-refractivity contribution in [2.45, 2.75) is 6.42 Å². The summed E-state index contributed by atoms with van der Waals surface area (Å²) in [5.74, 6) is 0. The first-order chi connectivity index (χ1) is 7.33. The van der Waals surface area contributed by atoms with Gasteiger partial charge in [-0.1, -0.05) is 12.1 Å². The quantitative estimate of drug-likeness (QED) is 0.789. The Morgan fingerprint density at radius 3 is 2.67 bits per heavy atom. The molecule has 15 heavy (non-hydrogen) atoms. The fourth-order valence-electron chi connectivity index (χ4n) is 2.18. The average molecular weight is 205 g/mol. The summed E-state index contributed by atoms with van der Waals surface area (Å²) in [6.45, 7) is 3.90. The van der Waals surface area contributed by atoms with Gasteiger partial charge in [0.05, 0.1) is 11.4 Å². The van der Waals surface area contributed by atoms with Crippen molar-refractivity contribution in [2.24, 2.45) is 5.73 Å². The highest BCUT2D eigenvalue weighted by molar-refractivity contribution is 5.71. The second-order valence-corrected chi connectivity index (χ2v) is 4.04. The molecule has 0 unspecified atom stereocenters. The molecule has 3 heteroatoms. The van der Waals surface area contributed by atoms with Gasteiger partial charge in [-0.15, -0.1) is 0 Å². The fourth-order valence-corrected chi connectivity index (χ4v) is 2.18. The predicted molar refractivity (Wildman–Crippen MR) is 65.6 cm³/mol. The predicted octanol–water partition coefficient (Wildman–Crippen LogP) is 1.29. The van der Waals surface area contributed by atoms with Crippen LogP contribution in [0.5, 0.6) is 0 Å². The minimum absolute atomic E-state index is 0.720. The summed E-state index contributed by atoms with van der Waals surface area (Å²) in [5, 5.41) is 0. The molecule has 0 atom stereocenters. The molecule has 2 rings (SSSR count). The Hall–Kier alpha value is -1.22. The molecule has 0 spiro atoms. The lowest BCUT2D eigenvalue weighted by molar-refractivity contribution is 0.741. The largest absolute Gasteiger partial charge is 0.373 e. The summed E-state index contributed by atoms with van der Waals surface area (Å²) in [5.41, 5.74) is 8.29. The van der Waals surface area contributed by atoms with Crippen molar-refractivity contribution in [1.29, 1.82) is 0 Å². The van der Waals surface area contributed by atoms with Gasteiger partial charge in [0.2, 0.25) is 0 Å². The molecular weight excluding hydrogens is 186 g/mol. The molecule has 1 aliphatic heterocycles. The van der Waals surface area contributed by atoms with Crippen LogP contribution in [0, 0.1) is 0 Å². The summed E-state index contributed by atoms with van der Waals surface area (Å²) < 4.78 is 0. The molecule has 3 nitrogen and oxygen atoms in total. The standard InChI is InChI=1S/C12H19N3/c1-14-8-4-9-15(10-7-13)12-6-3-2-5-11(12)14/h2-3,5-6H,4,7-10,13H2,1H3. The zero-order chi connectivity index (χ0) is 10.7. The number of nitrogens with two attached hydrogens (primary N) is 1. The first-order valence-corrected chi connectivity index (χ1v) is 5.58. The number of nitrogens with zero attached hydrogens (tertiary/aromatic N) is 2. The second kappa shape index (κ2) is 4.53. The summed E-state index contributed by atoms with van der Waals surface area (Å²) in [7, 11) is 2.16. The third kappa shape index (κ3) is 2.07. The van der Waals surface area contributed by atoms with Crippen LogP contribution < -0.4 is 15.5 Å². The Morgan fingerprint density at radius 1 is 1.20 bits per heavy atom. The smallest absolute Gasteiger partial charge is 0.0604 e. The van der Waals surface area contributed by atoms with Gasteiger partial charge in [0.1, 0.15) is 0 Å². The molecule has 1 aromatic carbocycles. The van der Waals surface area contributed by atoms with Crippen LogP contribution in [0.2, 0.25) is 0 Å². The van der Waals surface area contributed by atoms with Gasteiger partial charge in [0.25, 0.3) is 0 Å². The van der Waals surface area contributed by atoms with Gasteiger partial charge >= 0.3 is 0 Å². The first kappa shape index (κ1) is 10.3. The number of anilines is 2. The van der Waals surface area contributed by atoms with Crippen molar-refractivity contribution in [2.75, 3.05) is 43.0 Å². The Labute approximate surface area is 91.5 Å². The van der Waals surface area contributed by atoms with E-state index in [1.54, 1.807) is 0 Å². The van der Waals surface area contributed by atoms with Crippen LogP contribution in [-0.4, -0.2) is 33.2 Å². The molecule has 0 saturated carbocycles. The van der Waals surface area contributed by atoms with Crippen molar-refractivity contribution in [1.82, 2.24) is 0 Å². The third-order valence-corrected chi connectivity index (χ3v) is 2.95. The van der Waals surface area contributed by atoms with Crippen molar-refractivity contribution in [3.63, 3.8) is 0 Å². The molecule has 1 aromatic rings. The first-order valence-electron chi connectivity index (χ1n) is 5.58. The summed E-state index contributed by atoms with van der Waals surface area (Å²) in [6.07, 6.45) is 1.20. The van der Waals surface area contributed by atoms with E-state index < -0.39 is 0 Å². The maximum absolute atomic E-state index is 5.65. The Balaban J connectivity index is 2.34. The molecule has 2 N–H and O–H groups in total. The molecule has 0 saturated heterocycles. The maximum Gasteiger partial charge on any atom is 0.0604 e. The van der Waals surface area contributed by atoms with Crippen LogP contribution in [0.25, 0.3) is 0 Å². The highest BCUT2D eigenvalue weighted by Crippen LogP contribution is 2.30. The summed E-state index contributed by atoms with van der Waals surface area (Å²) in [4.78, 5) is 4.71. The van der Waals surface area contributed by atoms with Gasteiger partial charge in [-0.05, 0) is 18.6 Å². The van der Waals surface area contributed by atoms with Crippen molar-refractivity contribution in [3.05, 3.63) is 24.3 Å². The molecule has 0 aliphatic carbocycles. The molecule has 1 heterocycles. The highest BCUT2D eigenvalue weighted by Gasteiger charge is 2.16. The number of fused-ring (bicyclic) bond motifs is 1. The maximum atomic E-state index is 5.65. The zero-order valence-corrected chi connectivity index (χ0v) is 9.32. The van der Waals surface area contributed by atoms with Gasteiger partial charge in [0, 0.05) is 33.2 Å². The van der Waals surface area contributed by atoms with Gasteiger partial charge < -0.3 is 15.5 Å². The molecule has 0 aromatic heterocycles. The van der Waals surface area contributed by atoms with Crippen LogP contribution in [0.15, 0.2) is 24.3 Å². The van der Waals surface area contributed by atoms with E-state index in [0.717, 1.165) is 26.2 Å². The molecule has 0 radical (unpaired) electrons. The highest BCUT2D eigenvalue weighted by atomic mass is 15.2. The SMILES string of the molecule is CN1CCCN(CCN)c2ccccc21. The minimum Gasteiger partial charge on any atom is -0.373 e. The van der Waals surface area contributed by atoms with Gasteiger partial charge in [-0.25, -0.2) is 0 Å². The van der Waals surface area contributed by atoms with E-state index in [9.17, 15) is 0 Å². The number of para-hydroxylation sites is 2. The normalized spacial score (nSPS) is 16.1. The number of rotatable bonds is 2. The van der Waals surface area contributed by atoms with E-state index >= 15 is 0 Å². The van der Waals surface area contributed by atoms with E-state index in [4.69, 9.17) is 5.73 Å². The minimum atomic E-state index is 0.720. The van der Waals surface area contributed by atoms with Crippen LogP contribution in [0.1, 0.15) is 6.42 Å². The van der Waals surface area contributed by atoms with Crippen LogP contribution in [0.4, 0.5) is 11.4 Å². The van der Waals surface area contributed by atoms with Crippen LogP contribution in [-0.2, 0) is 0 Å². The van der Waals surface area contributed by atoms with Crippen molar-refractivity contribution >= 4 is 11.4 Å². The van der Waals surface area contributed by atoms with Gasteiger partial charge in [0.15, 0.2) is 0 Å². The summed E-state index contributed by atoms with van der Waals surface area (Å²) >= 11 is 0.